The summed E-state index contributed by atoms with van der Waals surface area (Å²) in [5.74, 6) is -0.293. The number of nitrogens with one attached hydrogen (secondary N) is 1. The molecular weight excluding hydrogens is 408 g/mol. The van der Waals surface area contributed by atoms with Crippen LogP contribution in [0.5, 0.6) is 5.88 Å². The first-order valence-electron chi connectivity index (χ1n) is 11.5. The molecule has 1 saturated carbocycles. The molecule has 0 radical (unpaired) electrons. The molecule has 1 atom stereocenters. The maximum Gasteiger partial charge on any atom is 0.309 e. The summed E-state index contributed by atoms with van der Waals surface area (Å²) in [4.78, 5) is 35.0. The van der Waals surface area contributed by atoms with Gasteiger partial charge in [-0.2, -0.15) is 0 Å². The zero-order chi connectivity index (χ0) is 21.9. The van der Waals surface area contributed by atoms with Gasteiger partial charge in [0.15, 0.2) is 0 Å². The van der Waals surface area contributed by atoms with Gasteiger partial charge < -0.3 is 14.8 Å². The zero-order valence-corrected chi connectivity index (χ0v) is 18.1. The molecular formula is C24H28N4O4. The number of carbonyl (C=O) groups excluding carboxylic acids is 2. The van der Waals surface area contributed by atoms with Gasteiger partial charge in [0.1, 0.15) is 11.8 Å². The molecule has 2 aliphatic heterocycles. The second-order valence-corrected chi connectivity index (χ2v) is 8.75. The summed E-state index contributed by atoms with van der Waals surface area (Å²) in [5.41, 5.74) is 3.67. The lowest BCUT2D eigenvalue weighted by Crippen LogP contribution is -2.41. The van der Waals surface area contributed by atoms with E-state index in [-0.39, 0.29) is 30.1 Å². The molecule has 168 valence electrons. The van der Waals surface area contributed by atoms with Crippen LogP contribution in [0.4, 0.5) is 5.69 Å². The van der Waals surface area contributed by atoms with Crippen molar-refractivity contribution in [3.8, 4) is 5.88 Å². The van der Waals surface area contributed by atoms with Crippen LogP contribution in [0, 0.1) is 0 Å². The number of carbonyl (C=O) groups is 2. The summed E-state index contributed by atoms with van der Waals surface area (Å²) in [6.07, 6.45) is 9.44. The molecule has 0 spiro atoms. The maximum absolute atomic E-state index is 12.7. The second kappa shape index (κ2) is 9.24. The number of fused-ring (bicyclic) bond motifs is 1. The Balaban J connectivity index is 1.19. The third-order valence-electron chi connectivity index (χ3n) is 6.64. The van der Waals surface area contributed by atoms with Gasteiger partial charge in [-0.3, -0.25) is 14.5 Å². The minimum absolute atomic E-state index is 0.195. The van der Waals surface area contributed by atoms with Crippen molar-refractivity contribution in [2.75, 3.05) is 25.0 Å². The molecule has 2 fully saturated rings. The first-order chi connectivity index (χ1) is 15.6. The van der Waals surface area contributed by atoms with Gasteiger partial charge in [-0.25, -0.2) is 9.97 Å². The minimum Gasteiger partial charge on any atom is -0.473 e. The Morgan fingerprint density at radius 2 is 1.94 bits per heavy atom. The van der Waals surface area contributed by atoms with Gasteiger partial charge in [0, 0.05) is 31.2 Å². The fraction of sp³-hybridized carbons (Fsp3) is 0.500. The summed E-state index contributed by atoms with van der Waals surface area (Å²) >= 11 is 0. The predicted molar refractivity (Wildman–Crippen MR) is 118 cm³/mol. The van der Waals surface area contributed by atoms with Crippen LogP contribution >= 0.6 is 0 Å². The number of aromatic nitrogens is 2. The minimum atomic E-state index is -0.310. The van der Waals surface area contributed by atoms with E-state index in [1.807, 2.05) is 6.07 Å². The molecule has 2 aromatic rings. The number of rotatable bonds is 5. The highest BCUT2D eigenvalue weighted by Gasteiger charge is 2.26. The summed E-state index contributed by atoms with van der Waals surface area (Å²) in [7, 11) is 0. The number of anilines is 1. The van der Waals surface area contributed by atoms with Gasteiger partial charge in [0.25, 0.3) is 5.91 Å². The summed E-state index contributed by atoms with van der Waals surface area (Å²) in [5, 5.41) is 2.93. The van der Waals surface area contributed by atoms with Crippen molar-refractivity contribution in [3.05, 3.63) is 47.4 Å². The number of hydrogen-bond donors (Lipinski definition) is 1. The number of nitrogens with zero attached hydrogens (tertiary/aromatic N) is 3. The first kappa shape index (κ1) is 20.9. The highest BCUT2D eigenvalue weighted by molar-refractivity contribution is 6.02. The van der Waals surface area contributed by atoms with Crippen molar-refractivity contribution < 1.29 is 19.1 Å². The van der Waals surface area contributed by atoms with Gasteiger partial charge in [-0.1, -0.05) is 12.5 Å². The van der Waals surface area contributed by atoms with Crippen molar-refractivity contribution >= 4 is 17.6 Å². The third-order valence-corrected chi connectivity index (χ3v) is 6.64. The molecule has 3 aliphatic rings. The van der Waals surface area contributed by atoms with Crippen LogP contribution in [0.25, 0.3) is 0 Å². The van der Waals surface area contributed by atoms with Crippen LogP contribution in [-0.4, -0.2) is 58.6 Å². The second-order valence-electron chi connectivity index (χ2n) is 8.75. The fourth-order valence-corrected chi connectivity index (χ4v) is 4.55. The summed E-state index contributed by atoms with van der Waals surface area (Å²) < 4.78 is 10.6. The lowest BCUT2D eigenvalue weighted by atomic mass is 9.91. The van der Waals surface area contributed by atoms with Crippen molar-refractivity contribution in [1.82, 2.24) is 14.9 Å². The number of benzene rings is 1. The maximum atomic E-state index is 12.7. The highest BCUT2D eigenvalue weighted by atomic mass is 16.5. The molecule has 8 nitrogen and oxygen atoms in total. The predicted octanol–water partition coefficient (Wildman–Crippen LogP) is 2.77. The van der Waals surface area contributed by atoms with Crippen molar-refractivity contribution in [1.29, 1.82) is 0 Å². The lowest BCUT2D eigenvalue weighted by molar-refractivity contribution is -0.150. The fourth-order valence-electron chi connectivity index (χ4n) is 4.55. The standard InChI is InChI=1S/C24H28N4O4/c29-23-13-20(8-11-31-23)32-22-15-25-21(14-26-22)24(30)27-18-5-4-16-6-9-28(19-2-1-3-19)10-7-17(16)12-18/h4-5,12,14-15,19-20H,1-3,6-11,13H2,(H,27,30). The monoisotopic (exact) mass is 436 g/mol. The molecule has 1 amide bonds. The van der Waals surface area contributed by atoms with Gasteiger partial charge in [0.2, 0.25) is 5.88 Å². The quantitative estimate of drug-likeness (QED) is 0.721. The van der Waals surface area contributed by atoms with Crippen LogP contribution in [0.15, 0.2) is 30.6 Å². The smallest absolute Gasteiger partial charge is 0.309 e. The molecule has 3 heterocycles. The Labute approximate surface area is 187 Å². The van der Waals surface area contributed by atoms with Crippen LogP contribution < -0.4 is 10.1 Å². The number of esters is 1. The Morgan fingerprint density at radius 3 is 2.66 bits per heavy atom. The summed E-state index contributed by atoms with van der Waals surface area (Å²) in [6.45, 7) is 2.55. The zero-order valence-electron chi connectivity index (χ0n) is 18.1. The Kier molecular flexibility index (Phi) is 6.03. The van der Waals surface area contributed by atoms with Crippen LogP contribution in [0.1, 0.15) is 53.7 Å². The van der Waals surface area contributed by atoms with E-state index in [4.69, 9.17) is 9.47 Å². The largest absolute Gasteiger partial charge is 0.473 e. The average Bonchev–Trinajstić information content (AvgIpc) is 2.96. The number of cyclic esters (lactones) is 1. The summed E-state index contributed by atoms with van der Waals surface area (Å²) in [6, 6.07) is 6.95. The van der Waals surface area contributed by atoms with E-state index >= 15 is 0 Å². The first-order valence-corrected chi connectivity index (χ1v) is 11.5. The van der Waals surface area contributed by atoms with E-state index in [9.17, 15) is 9.59 Å². The molecule has 1 N–H and O–H groups in total. The molecule has 1 aromatic carbocycles. The number of ether oxygens (including phenoxy) is 2. The van der Waals surface area contributed by atoms with E-state index < -0.39 is 0 Å². The van der Waals surface area contributed by atoms with Crippen LogP contribution in [0.2, 0.25) is 0 Å². The molecule has 0 bridgehead atoms. The Morgan fingerprint density at radius 1 is 1.09 bits per heavy atom. The van der Waals surface area contributed by atoms with Crippen LogP contribution in [-0.2, 0) is 22.4 Å². The molecule has 1 unspecified atom stereocenters. The van der Waals surface area contributed by atoms with Crippen LogP contribution in [0.3, 0.4) is 0 Å². The number of amides is 1. The van der Waals surface area contributed by atoms with Crippen molar-refractivity contribution in [2.24, 2.45) is 0 Å². The van der Waals surface area contributed by atoms with E-state index in [0.29, 0.717) is 18.9 Å². The van der Waals surface area contributed by atoms with Crippen molar-refractivity contribution in [2.45, 2.75) is 57.1 Å². The van der Waals surface area contributed by atoms with Crippen molar-refractivity contribution in [3.63, 3.8) is 0 Å². The normalized spacial score (nSPS) is 21.6. The molecule has 1 aliphatic carbocycles. The average molecular weight is 437 g/mol. The molecule has 1 aromatic heterocycles. The molecule has 1 saturated heterocycles. The number of hydrogen-bond acceptors (Lipinski definition) is 7. The molecule has 5 rings (SSSR count). The Bertz CT molecular complexity index is 990. The topological polar surface area (TPSA) is 93.6 Å². The van der Waals surface area contributed by atoms with E-state index in [2.05, 4.69) is 32.3 Å². The van der Waals surface area contributed by atoms with E-state index in [0.717, 1.165) is 37.7 Å². The van der Waals surface area contributed by atoms with Gasteiger partial charge in [-0.15, -0.1) is 0 Å². The third kappa shape index (κ3) is 4.75. The van der Waals surface area contributed by atoms with Gasteiger partial charge in [-0.05, 0) is 48.9 Å². The SMILES string of the molecule is O=C1CC(Oc2cnc(C(=O)Nc3ccc4c(c3)CCN(C3CCC3)CC4)cn2)CCO1. The highest BCUT2D eigenvalue weighted by Crippen LogP contribution is 2.28. The van der Waals surface area contributed by atoms with Gasteiger partial charge in [0.05, 0.1) is 25.4 Å². The lowest BCUT2D eigenvalue weighted by Gasteiger charge is -2.36. The van der Waals surface area contributed by atoms with E-state index in [1.165, 1.54) is 42.8 Å². The molecule has 8 heteroatoms. The Hall–Kier alpha value is -3.00. The van der Waals surface area contributed by atoms with E-state index in [1.54, 1.807) is 0 Å². The molecule has 32 heavy (non-hydrogen) atoms. The van der Waals surface area contributed by atoms with Gasteiger partial charge >= 0.3 is 5.97 Å².